The lowest BCUT2D eigenvalue weighted by molar-refractivity contribution is 0.248. The molecule has 0 unspecified atom stereocenters. The summed E-state index contributed by atoms with van der Waals surface area (Å²) in [6, 6.07) is 10.9. The monoisotopic (exact) mass is 441 g/mol. The number of hydrogen-bond acceptors (Lipinski definition) is 5. The Bertz CT molecular complexity index is 1000. The van der Waals surface area contributed by atoms with Gasteiger partial charge in [-0.05, 0) is 29.7 Å². The Morgan fingerprint density at radius 1 is 1.37 bits per heavy atom. The van der Waals surface area contributed by atoms with Gasteiger partial charge in [0.25, 0.3) is 0 Å². The summed E-state index contributed by atoms with van der Waals surface area (Å²) >= 11 is 5.26. The predicted octanol–water partition coefficient (Wildman–Crippen LogP) is 4.29. The zero-order chi connectivity index (χ0) is 18.8. The van der Waals surface area contributed by atoms with Gasteiger partial charge < -0.3 is 5.32 Å². The molecular weight excluding hydrogens is 422 g/mol. The first kappa shape index (κ1) is 18.2. The number of halogens is 1. The molecule has 1 aromatic carbocycles. The largest absolute Gasteiger partial charge is 0.372 e. The molecule has 0 saturated heterocycles. The molecule has 3 aromatic rings. The normalized spacial score (nSPS) is 14.0. The molecule has 0 radical (unpaired) electrons. The van der Waals surface area contributed by atoms with Crippen molar-refractivity contribution in [3.63, 3.8) is 0 Å². The standard InChI is InChI=1S/C20H20BrN5S/c1-25-11-15(10-24-25)9-23-20-18(8-22)17-5-6-26(13-19(17)27-20)12-14-3-2-4-16(21)7-14/h2-4,7,10-11,23H,5-6,9,12-13H2,1H3. The highest BCUT2D eigenvalue weighted by Gasteiger charge is 2.24. The maximum atomic E-state index is 9.68. The lowest BCUT2D eigenvalue weighted by Crippen LogP contribution is -2.29. The van der Waals surface area contributed by atoms with Gasteiger partial charge in [0.15, 0.2) is 0 Å². The molecule has 1 N–H and O–H groups in total. The van der Waals surface area contributed by atoms with Crippen molar-refractivity contribution in [3.05, 3.63) is 68.3 Å². The van der Waals surface area contributed by atoms with Crippen LogP contribution in [0, 0.1) is 11.3 Å². The van der Waals surface area contributed by atoms with E-state index >= 15 is 0 Å². The molecule has 4 rings (SSSR count). The summed E-state index contributed by atoms with van der Waals surface area (Å²) in [6.45, 7) is 3.49. The Morgan fingerprint density at radius 3 is 3.00 bits per heavy atom. The second kappa shape index (κ2) is 7.85. The topological polar surface area (TPSA) is 56.9 Å². The van der Waals surface area contributed by atoms with E-state index in [2.05, 4.69) is 61.6 Å². The molecule has 1 aliphatic heterocycles. The van der Waals surface area contributed by atoms with Gasteiger partial charge in [0.05, 0.1) is 11.8 Å². The average molecular weight is 442 g/mol. The van der Waals surface area contributed by atoms with Crippen LogP contribution in [0.15, 0.2) is 41.1 Å². The molecule has 5 nitrogen and oxygen atoms in total. The molecule has 0 spiro atoms. The number of aromatic nitrogens is 2. The minimum Gasteiger partial charge on any atom is -0.372 e. The van der Waals surface area contributed by atoms with E-state index in [0.717, 1.165) is 46.7 Å². The van der Waals surface area contributed by atoms with Gasteiger partial charge in [-0.15, -0.1) is 11.3 Å². The van der Waals surface area contributed by atoms with Gasteiger partial charge in [0.1, 0.15) is 11.1 Å². The highest BCUT2D eigenvalue weighted by molar-refractivity contribution is 9.10. The fourth-order valence-electron chi connectivity index (χ4n) is 3.47. The summed E-state index contributed by atoms with van der Waals surface area (Å²) in [5.74, 6) is 0. The summed E-state index contributed by atoms with van der Waals surface area (Å²) in [5.41, 5.74) is 4.46. The second-order valence-electron chi connectivity index (χ2n) is 6.79. The molecule has 0 saturated carbocycles. The molecule has 0 fully saturated rings. The van der Waals surface area contributed by atoms with E-state index in [1.165, 1.54) is 16.0 Å². The van der Waals surface area contributed by atoms with Crippen LogP contribution >= 0.6 is 27.3 Å². The van der Waals surface area contributed by atoms with Gasteiger partial charge in [-0.1, -0.05) is 28.1 Å². The lowest BCUT2D eigenvalue weighted by atomic mass is 10.0. The number of nitrogens with one attached hydrogen (secondary N) is 1. The first-order valence-corrected chi connectivity index (χ1v) is 10.5. The summed E-state index contributed by atoms with van der Waals surface area (Å²) in [7, 11) is 1.91. The number of nitrogens with zero attached hydrogens (tertiary/aromatic N) is 4. The molecule has 0 atom stereocenters. The molecule has 1 aliphatic rings. The van der Waals surface area contributed by atoms with Crippen molar-refractivity contribution in [2.24, 2.45) is 7.05 Å². The van der Waals surface area contributed by atoms with Crippen LogP contribution in [-0.4, -0.2) is 21.2 Å². The summed E-state index contributed by atoms with van der Waals surface area (Å²) in [5, 5.41) is 18.3. The molecular formula is C20H20BrN5S. The van der Waals surface area contributed by atoms with Gasteiger partial charge in [0, 0.05) is 54.3 Å². The molecule has 0 aliphatic carbocycles. The van der Waals surface area contributed by atoms with Crippen LogP contribution in [-0.2, 0) is 33.1 Å². The number of nitriles is 1. The maximum absolute atomic E-state index is 9.68. The van der Waals surface area contributed by atoms with Crippen molar-refractivity contribution in [1.82, 2.24) is 14.7 Å². The minimum atomic E-state index is 0.684. The predicted molar refractivity (Wildman–Crippen MR) is 112 cm³/mol. The van der Waals surface area contributed by atoms with E-state index in [1.54, 1.807) is 16.0 Å². The number of hydrogen-bond donors (Lipinski definition) is 1. The lowest BCUT2D eigenvalue weighted by Gasteiger charge is -2.26. The highest BCUT2D eigenvalue weighted by atomic mass is 79.9. The maximum Gasteiger partial charge on any atom is 0.107 e. The SMILES string of the molecule is Cn1cc(CNc2sc3c(c2C#N)CCN(Cc2cccc(Br)c2)C3)cn1. The van der Waals surface area contributed by atoms with Crippen molar-refractivity contribution in [1.29, 1.82) is 5.26 Å². The third-order valence-electron chi connectivity index (χ3n) is 4.75. The van der Waals surface area contributed by atoms with E-state index in [0.29, 0.717) is 6.54 Å². The van der Waals surface area contributed by atoms with E-state index in [-0.39, 0.29) is 0 Å². The average Bonchev–Trinajstić information content (AvgIpc) is 3.22. The van der Waals surface area contributed by atoms with Crippen molar-refractivity contribution in [2.75, 3.05) is 11.9 Å². The van der Waals surface area contributed by atoms with Crippen molar-refractivity contribution >= 4 is 32.3 Å². The summed E-state index contributed by atoms with van der Waals surface area (Å²) < 4.78 is 2.91. The van der Waals surface area contributed by atoms with Crippen molar-refractivity contribution in [3.8, 4) is 6.07 Å². The zero-order valence-electron chi connectivity index (χ0n) is 15.1. The number of thiophene rings is 1. The van der Waals surface area contributed by atoms with Crippen molar-refractivity contribution < 1.29 is 0 Å². The number of anilines is 1. The van der Waals surface area contributed by atoms with Gasteiger partial charge >= 0.3 is 0 Å². The van der Waals surface area contributed by atoms with Crippen LogP contribution < -0.4 is 5.32 Å². The Labute approximate surface area is 171 Å². The number of fused-ring (bicyclic) bond motifs is 1. The Balaban J connectivity index is 1.48. The molecule has 0 bridgehead atoms. The molecule has 0 amide bonds. The fourth-order valence-corrected chi connectivity index (χ4v) is 5.16. The second-order valence-corrected chi connectivity index (χ2v) is 8.81. The minimum absolute atomic E-state index is 0.684. The zero-order valence-corrected chi connectivity index (χ0v) is 17.5. The third kappa shape index (κ3) is 4.08. The smallest absolute Gasteiger partial charge is 0.107 e. The van der Waals surface area contributed by atoms with Gasteiger partial charge in [0.2, 0.25) is 0 Å². The van der Waals surface area contributed by atoms with E-state index < -0.39 is 0 Å². The first-order chi connectivity index (χ1) is 13.1. The molecule has 138 valence electrons. The number of benzene rings is 1. The van der Waals surface area contributed by atoms with Crippen LogP contribution in [0.1, 0.15) is 27.1 Å². The Morgan fingerprint density at radius 2 is 2.26 bits per heavy atom. The van der Waals surface area contributed by atoms with Crippen LogP contribution in [0.4, 0.5) is 5.00 Å². The van der Waals surface area contributed by atoms with Crippen LogP contribution in [0.2, 0.25) is 0 Å². The summed E-state index contributed by atoms with van der Waals surface area (Å²) in [4.78, 5) is 3.76. The Kier molecular flexibility index (Phi) is 5.30. The van der Waals surface area contributed by atoms with Gasteiger partial charge in [-0.25, -0.2) is 0 Å². The fraction of sp³-hybridized carbons (Fsp3) is 0.300. The van der Waals surface area contributed by atoms with E-state index in [9.17, 15) is 5.26 Å². The van der Waals surface area contributed by atoms with Gasteiger partial charge in [-0.3, -0.25) is 9.58 Å². The molecule has 2 aromatic heterocycles. The molecule has 27 heavy (non-hydrogen) atoms. The Hall–Kier alpha value is -2.14. The number of rotatable bonds is 5. The van der Waals surface area contributed by atoms with Crippen LogP contribution in [0.3, 0.4) is 0 Å². The van der Waals surface area contributed by atoms with E-state index in [4.69, 9.17) is 0 Å². The number of aryl methyl sites for hydroxylation is 1. The molecule has 3 heterocycles. The molecule has 7 heteroatoms. The van der Waals surface area contributed by atoms with Crippen molar-refractivity contribution in [2.45, 2.75) is 26.1 Å². The van der Waals surface area contributed by atoms with Crippen LogP contribution in [0.5, 0.6) is 0 Å². The quantitative estimate of drug-likeness (QED) is 0.641. The van der Waals surface area contributed by atoms with Gasteiger partial charge in [-0.2, -0.15) is 10.4 Å². The highest BCUT2D eigenvalue weighted by Crippen LogP contribution is 2.37. The van der Waals surface area contributed by atoms with Crippen LogP contribution in [0.25, 0.3) is 0 Å². The first-order valence-electron chi connectivity index (χ1n) is 8.85. The summed E-state index contributed by atoms with van der Waals surface area (Å²) in [6.07, 6.45) is 4.77. The third-order valence-corrected chi connectivity index (χ3v) is 6.42. The van der Waals surface area contributed by atoms with E-state index in [1.807, 2.05) is 19.4 Å².